The van der Waals surface area contributed by atoms with Gasteiger partial charge in [-0.1, -0.05) is 37.8 Å². The van der Waals surface area contributed by atoms with Crippen LogP contribution in [0.3, 0.4) is 0 Å². The van der Waals surface area contributed by atoms with Crippen molar-refractivity contribution in [3.05, 3.63) is 28.9 Å². The van der Waals surface area contributed by atoms with E-state index < -0.39 is 12.0 Å². The van der Waals surface area contributed by atoms with Crippen molar-refractivity contribution in [1.82, 2.24) is 9.47 Å². The highest BCUT2D eigenvalue weighted by Crippen LogP contribution is 2.35. The molecule has 2 heterocycles. The number of carboxylic acid groups (broad SMARTS) is 1. The third-order valence-electron chi connectivity index (χ3n) is 3.24. The zero-order valence-corrected chi connectivity index (χ0v) is 13.5. The van der Waals surface area contributed by atoms with Crippen LogP contribution < -0.4 is 5.11 Å². The zero-order chi connectivity index (χ0) is 15.7. The van der Waals surface area contributed by atoms with Gasteiger partial charge >= 0.3 is 0 Å². The van der Waals surface area contributed by atoms with Gasteiger partial charge in [-0.15, -0.1) is 0 Å². The molecule has 0 unspecified atom stereocenters. The number of amides is 1. The van der Waals surface area contributed by atoms with Gasteiger partial charge in [-0.25, -0.2) is 0 Å². The lowest BCUT2D eigenvalue weighted by Gasteiger charge is -2.30. The number of aryl methyl sites for hydroxylation is 1. The van der Waals surface area contributed by atoms with E-state index in [4.69, 9.17) is 12.2 Å². The number of thioether (sulfide) groups is 1. The van der Waals surface area contributed by atoms with Crippen LogP contribution in [-0.2, 0) is 16.6 Å². The summed E-state index contributed by atoms with van der Waals surface area (Å²) in [7, 11) is 1.87. The van der Waals surface area contributed by atoms with Crippen molar-refractivity contribution in [3.8, 4) is 0 Å². The second kappa shape index (κ2) is 6.03. The van der Waals surface area contributed by atoms with Crippen LogP contribution in [-0.4, -0.2) is 31.7 Å². The molecule has 21 heavy (non-hydrogen) atoms. The number of carbonyl (C=O) groups is 2. The molecular formula is C14H15N2O3S2-. The Morgan fingerprint density at radius 2 is 2.14 bits per heavy atom. The van der Waals surface area contributed by atoms with Gasteiger partial charge in [-0.2, -0.15) is 0 Å². The second-order valence-corrected chi connectivity index (χ2v) is 6.78. The fraction of sp³-hybridized carbons (Fsp3) is 0.357. The first-order chi connectivity index (χ1) is 9.82. The van der Waals surface area contributed by atoms with Crippen LogP contribution in [0.15, 0.2) is 23.2 Å². The minimum atomic E-state index is -1.29. The summed E-state index contributed by atoms with van der Waals surface area (Å²) in [6, 6.07) is 2.69. The molecule has 1 aliphatic rings. The number of hydrogen-bond donors (Lipinski definition) is 0. The third-order valence-corrected chi connectivity index (χ3v) is 4.57. The summed E-state index contributed by atoms with van der Waals surface area (Å²) < 4.78 is 2.12. The van der Waals surface area contributed by atoms with Gasteiger partial charge in [0.2, 0.25) is 0 Å². The number of rotatable bonds is 4. The van der Waals surface area contributed by atoms with Crippen molar-refractivity contribution in [2.45, 2.75) is 19.9 Å². The Hall–Kier alpha value is -1.60. The van der Waals surface area contributed by atoms with E-state index in [1.807, 2.05) is 29.9 Å². The maximum atomic E-state index is 12.5. The van der Waals surface area contributed by atoms with Gasteiger partial charge in [0.25, 0.3) is 5.91 Å². The lowest BCUT2D eigenvalue weighted by molar-refractivity contribution is -0.311. The number of carbonyl (C=O) groups excluding carboxylic acids is 2. The van der Waals surface area contributed by atoms with Gasteiger partial charge in [-0.05, 0) is 24.1 Å². The summed E-state index contributed by atoms with van der Waals surface area (Å²) in [6.07, 6.45) is 3.58. The fourth-order valence-electron chi connectivity index (χ4n) is 2.15. The first-order valence-corrected chi connectivity index (χ1v) is 7.64. The molecule has 1 atom stereocenters. The summed E-state index contributed by atoms with van der Waals surface area (Å²) in [6.45, 7) is 3.44. The number of thiocarbonyl (C=S) groups is 1. The normalized spacial score (nSPS) is 18.9. The molecule has 0 aromatic carbocycles. The Bertz CT molecular complexity index is 634. The summed E-state index contributed by atoms with van der Waals surface area (Å²) in [4.78, 5) is 25.3. The highest BCUT2D eigenvalue weighted by Gasteiger charge is 2.39. The Morgan fingerprint density at radius 1 is 1.48 bits per heavy atom. The molecule has 1 aliphatic heterocycles. The Kier molecular flexibility index (Phi) is 4.53. The van der Waals surface area contributed by atoms with E-state index >= 15 is 0 Å². The molecule has 112 valence electrons. The largest absolute Gasteiger partial charge is 0.548 e. The lowest BCUT2D eigenvalue weighted by Crippen LogP contribution is -2.52. The molecule has 1 amide bonds. The van der Waals surface area contributed by atoms with Crippen molar-refractivity contribution in [1.29, 1.82) is 0 Å². The van der Waals surface area contributed by atoms with Crippen LogP contribution in [0, 0.1) is 5.92 Å². The van der Waals surface area contributed by atoms with Gasteiger partial charge in [-0.3, -0.25) is 9.69 Å². The van der Waals surface area contributed by atoms with E-state index in [9.17, 15) is 14.7 Å². The maximum Gasteiger partial charge on any atom is 0.266 e. The Labute approximate surface area is 132 Å². The van der Waals surface area contributed by atoms with E-state index in [0.29, 0.717) is 4.91 Å². The lowest BCUT2D eigenvalue weighted by atomic mass is 10.0. The van der Waals surface area contributed by atoms with Crippen molar-refractivity contribution in [3.63, 3.8) is 0 Å². The number of nitrogens with zero attached hydrogens (tertiary/aromatic N) is 2. The van der Waals surface area contributed by atoms with Crippen LogP contribution in [0.25, 0.3) is 6.08 Å². The quantitative estimate of drug-likeness (QED) is 0.611. The average Bonchev–Trinajstić information content (AvgIpc) is 2.88. The van der Waals surface area contributed by atoms with Gasteiger partial charge in [0, 0.05) is 18.9 Å². The van der Waals surface area contributed by atoms with Crippen LogP contribution in [0.5, 0.6) is 0 Å². The maximum absolute atomic E-state index is 12.5. The molecule has 0 spiro atoms. The summed E-state index contributed by atoms with van der Waals surface area (Å²) >= 11 is 6.28. The molecule has 1 aromatic rings. The van der Waals surface area contributed by atoms with Gasteiger partial charge < -0.3 is 14.5 Å². The predicted molar refractivity (Wildman–Crippen MR) is 84.1 cm³/mol. The molecule has 0 saturated carbocycles. The zero-order valence-electron chi connectivity index (χ0n) is 11.9. The third kappa shape index (κ3) is 3.03. The molecule has 0 aliphatic carbocycles. The molecule has 2 rings (SSSR count). The fourth-order valence-corrected chi connectivity index (χ4v) is 3.47. The van der Waals surface area contributed by atoms with E-state index in [1.54, 1.807) is 19.9 Å². The number of aromatic nitrogens is 1. The van der Waals surface area contributed by atoms with Crippen molar-refractivity contribution in [2.75, 3.05) is 0 Å². The molecule has 0 radical (unpaired) electrons. The molecule has 0 N–H and O–H groups in total. The van der Waals surface area contributed by atoms with Crippen molar-refractivity contribution < 1.29 is 14.7 Å². The van der Waals surface area contributed by atoms with Crippen LogP contribution in [0.1, 0.15) is 19.5 Å². The first kappa shape index (κ1) is 15.8. The van der Waals surface area contributed by atoms with Gasteiger partial charge in [0.15, 0.2) is 0 Å². The average molecular weight is 323 g/mol. The second-order valence-electron chi connectivity index (χ2n) is 5.10. The van der Waals surface area contributed by atoms with Crippen LogP contribution in [0.4, 0.5) is 0 Å². The van der Waals surface area contributed by atoms with Crippen LogP contribution in [0.2, 0.25) is 0 Å². The molecule has 5 nitrogen and oxygen atoms in total. The van der Waals surface area contributed by atoms with E-state index in [2.05, 4.69) is 0 Å². The first-order valence-electron chi connectivity index (χ1n) is 6.42. The van der Waals surface area contributed by atoms with E-state index in [1.165, 1.54) is 0 Å². The van der Waals surface area contributed by atoms with Gasteiger partial charge in [0.05, 0.1) is 16.9 Å². The van der Waals surface area contributed by atoms with Gasteiger partial charge in [0.1, 0.15) is 4.32 Å². The molecule has 0 bridgehead atoms. The highest BCUT2D eigenvalue weighted by molar-refractivity contribution is 8.26. The monoisotopic (exact) mass is 323 g/mol. The SMILES string of the molecule is CC(C)[C@H](C(=O)[O-])N1C(=O)/C(=C\c2cccn2C)SC1=S. The van der Waals surface area contributed by atoms with Crippen LogP contribution >= 0.6 is 24.0 Å². The number of hydrogen-bond acceptors (Lipinski definition) is 5. The van der Waals surface area contributed by atoms with Crippen molar-refractivity contribution >= 4 is 46.3 Å². The van der Waals surface area contributed by atoms with E-state index in [-0.39, 0.29) is 16.1 Å². The molecule has 7 heteroatoms. The minimum Gasteiger partial charge on any atom is -0.548 e. The Morgan fingerprint density at radius 3 is 2.62 bits per heavy atom. The van der Waals surface area contributed by atoms with Crippen molar-refractivity contribution in [2.24, 2.45) is 13.0 Å². The van der Waals surface area contributed by atoms with E-state index in [0.717, 1.165) is 22.4 Å². The molecule has 1 saturated heterocycles. The predicted octanol–water partition coefficient (Wildman–Crippen LogP) is 1.00. The Balaban J connectivity index is 2.34. The summed E-state index contributed by atoms with van der Waals surface area (Å²) in [5.41, 5.74) is 0.852. The number of carboxylic acids is 1. The standard InChI is InChI=1S/C14H16N2O3S2/c1-8(2)11(13(18)19)16-12(17)10(21-14(16)20)7-9-5-4-6-15(9)3/h4-8,11H,1-3H3,(H,18,19)/p-1/b10-7+/t11-/m1/s1. The summed E-state index contributed by atoms with van der Waals surface area (Å²) in [5.74, 6) is -1.96. The number of aliphatic carboxylic acids is 1. The summed E-state index contributed by atoms with van der Waals surface area (Å²) in [5, 5.41) is 11.3. The highest BCUT2D eigenvalue weighted by atomic mass is 32.2. The smallest absolute Gasteiger partial charge is 0.266 e. The minimum absolute atomic E-state index is 0.253. The molecule has 1 fully saturated rings. The topological polar surface area (TPSA) is 65.4 Å². The molecular weight excluding hydrogens is 308 g/mol. The molecule has 1 aromatic heterocycles.